The van der Waals surface area contributed by atoms with E-state index >= 15 is 8.78 Å². The molecule has 0 unspecified atom stereocenters. The van der Waals surface area contributed by atoms with Crippen LogP contribution in [0.3, 0.4) is 0 Å². The van der Waals surface area contributed by atoms with Gasteiger partial charge < -0.3 is 14.2 Å². The highest BCUT2D eigenvalue weighted by Crippen LogP contribution is 2.45. The quantitative estimate of drug-likeness (QED) is 0.450. The summed E-state index contributed by atoms with van der Waals surface area (Å²) >= 11 is 0. The van der Waals surface area contributed by atoms with Crippen LogP contribution >= 0.6 is 0 Å². The Labute approximate surface area is 197 Å². The Morgan fingerprint density at radius 2 is 1.76 bits per heavy atom. The standard InChI is InChI=1S/C26H28F3NO4/c1-15-9-17-12-21-22(34-8-7-33-21)13-18(17)25(30(15)14-26(2,3)29)24-19(27)10-16(11-20(24)28)5-6-23(31)32-4/h5-6,10-13,15,25H,7-9,14H2,1-4H3/b6-5+/t15-,25+/m1/s1. The van der Waals surface area contributed by atoms with Crippen molar-refractivity contribution in [1.29, 1.82) is 0 Å². The molecule has 8 heteroatoms. The van der Waals surface area contributed by atoms with Crippen molar-refractivity contribution in [3.8, 4) is 11.5 Å². The lowest BCUT2D eigenvalue weighted by atomic mass is 9.83. The molecule has 0 saturated carbocycles. The van der Waals surface area contributed by atoms with E-state index in [1.54, 1.807) is 11.0 Å². The normalized spacial score (nSPS) is 20.3. The predicted molar refractivity (Wildman–Crippen MR) is 122 cm³/mol. The summed E-state index contributed by atoms with van der Waals surface area (Å²) in [4.78, 5) is 13.2. The monoisotopic (exact) mass is 475 g/mol. The van der Waals surface area contributed by atoms with E-state index < -0.39 is 29.3 Å². The van der Waals surface area contributed by atoms with Crippen LogP contribution in [0.4, 0.5) is 13.2 Å². The summed E-state index contributed by atoms with van der Waals surface area (Å²) in [6, 6.07) is 4.87. The first kappa shape index (κ1) is 24.1. The lowest BCUT2D eigenvalue weighted by molar-refractivity contribution is -0.134. The molecule has 0 spiro atoms. The van der Waals surface area contributed by atoms with Crippen molar-refractivity contribution in [1.82, 2.24) is 4.90 Å². The van der Waals surface area contributed by atoms with E-state index in [1.807, 2.05) is 13.0 Å². The number of alkyl halides is 1. The minimum atomic E-state index is -1.59. The molecule has 0 saturated heterocycles. The van der Waals surface area contributed by atoms with Gasteiger partial charge in [0.05, 0.1) is 13.2 Å². The molecule has 2 aromatic carbocycles. The van der Waals surface area contributed by atoms with Crippen LogP contribution < -0.4 is 9.47 Å². The van der Waals surface area contributed by atoms with Crippen molar-refractivity contribution in [3.63, 3.8) is 0 Å². The molecule has 0 radical (unpaired) electrons. The largest absolute Gasteiger partial charge is 0.486 e. The number of nitrogens with zero attached hydrogens (tertiary/aromatic N) is 1. The molecule has 5 nitrogen and oxygen atoms in total. The first-order chi connectivity index (χ1) is 16.1. The van der Waals surface area contributed by atoms with E-state index in [1.165, 1.54) is 27.0 Å². The number of methoxy groups -OCH3 is 1. The van der Waals surface area contributed by atoms with E-state index in [9.17, 15) is 9.18 Å². The molecule has 0 fully saturated rings. The molecule has 2 aliphatic heterocycles. The molecule has 182 valence electrons. The van der Waals surface area contributed by atoms with Crippen molar-refractivity contribution in [3.05, 3.63) is 64.2 Å². The van der Waals surface area contributed by atoms with Gasteiger partial charge in [0.25, 0.3) is 0 Å². The summed E-state index contributed by atoms with van der Waals surface area (Å²) in [6.07, 6.45) is 2.94. The maximum Gasteiger partial charge on any atom is 0.330 e. The van der Waals surface area contributed by atoms with Gasteiger partial charge in [0.2, 0.25) is 0 Å². The number of carbonyl (C=O) groups excluding carboxylic acids is 1. The van der Waals surface area contributed by atoms with Gasteiger partial charge in [0.15, 0.2) is 11.5 Å². The Hall–Kier alpha value is -3.00. The van der Waals surface area contributed by atoms with Crippen LogP contribution in [-0.4, -0.2) is 49.4 Å². The summed E-state index contributed by atoms with van der Waals surface area (Å²) in [5.41, 5.74) is -0.0596. The zero-order valence-corrected chi connectivity index (χ0v) is 19.7. The van der Waals surface area contributed by atoms with Crippen LogP contribution in [0.15, 0.2) is 30.3 Å². The summed E-state index contributed by atoms with van der Waals surface area (Å²) in [5.74, 6) is -1.11. The van der Waals surface area contributed by atoms with E-state index in [4.69, 9.17) is 9.47 Å². The average molecular weight is 476 g/mol. The van der Waals surface area contributed by atoms with Gasteiger partial charge in [-0.15, -0.1) is 0 Å². The molecule has 0 N–H and O–H groups in total. The maximum atomic E-state index is 15.5. The average Bonchev–Trinajstić information content (AvgIpc) is 2.77. The molecule has 2 aliphatic rings. The van der Waals surface area contributed by atoms with Gasteiger partial charge in [-0.25, -0.2) is 18.0 Å². The maximum absolute atomic E-state index is 15.5. The molecule has 2 heterocycles. The van der Waals surface area contributed by atoms with Crippen molar-refractivity contribution >= 4 is 12.0 Å². The second kappa shape index (κ2) is 9.33. The number of rotatable bonds is 5. The Bertz CT molecular complexity index is 1100. The molecule has 0 amide bonds. The number of hydrogen-bond acceptors (Lipinski definition) is 5. The van der Waals surface area contributed by atoms with Crippen LogP contribution in [0.1, 0.15) is 49.1 Å². The van der Waals surface area contributed by atoms with Crippen LogP contribution in [0.5, 0.6) is 11.5 Å². The fourth-order valence-corrected chi connectivity index (χ4v) is 4.64. The second-order valence-corrected chi connectivity index (χ2v) is 9.30. The number of benzene rings is 2. The van der Waals surface area contributed by atoms with Crippen molar-refractivity contribution in [2.24, 2.45) is 0 Å². The molecule has 34 heavy (non-hydrogen) atoms. The van der Waals surface area contributed by atoms with E-state index in [2.05, 4.69) is 4.74 Å². The minimum Gasteiger partial charge on any atom is -0.486 e. The summed E-state index contributed by atoms with van der Waals surface area (Å²) in [7, 11) is 1.22. The molecular weight excluding hydrogens is 447 g/mol. The van der Waals surface area contributed by atoms with Crippen molar-refractivity contribution in [2.45, 2.75) is 44.9 Å². The number of ether oxygens (including phenoxy) is 3. The molecule has 0 aromatic heterocycles. The summed E-state index contributed by atoms with van der Waals surface area (Å²) in [5, 5.41) is 0. The topological polar surface area (TPSA) is 48.0 Å². The van der Waals surface area contributed by atoms with Crippen LogP contribution in [0.2, 0.25) is 0 Å². The third-order valence-electron chi connectivity index (χ3n) is 6.06. The first-order valence-corrected chi connectivity index (χ1v) is 11.2. The van der Waals surface area contributed by atoms with Crippen molar-refractivity contribution in [2.75, 3.05) is 26.9 Å². The Morgan fingerprint density at radius 1 is 1.15 bits per heavy atom. The predicted octanol–water partition coefficient (Wildman–Crippen LogP) is 5.01. The fourth-order valence-electron chi connectivity index (χ4n) is 4.64. The molecule has 0 bridgehead atoms. The van der Waals surface area contributed by atoms with E-state index in [0.29, 0.717) is 36.7 Å². The fraction of sp³-hybridized carbons (Fsp3) is 0.423. The van der Waals surface area contributed by atoms with Crippen LogP contribution in [0, 0.1) is 11.6 Å². The highest BCUT2D eigenvalue weighted by molar-refractivity contribution is 5.86. The SMILES string of the molecule is COC(=O)/C=C/c1cc(F)c([C@@H]2c3cc4c(cc3C[C@@H](C)N2CC(C)(C)F)OCCO4)c(F)c1. The Morgan fingerprint density at radius 3 is 2.35 bits per heavy atom. The van der Waals surface area contributed by atoms with E-state index in [0.717, 1.165) is 23.8 Å². The van der Waals surface area contributed by atoms with Crippen LogP contribution in [0.25, 0.3) is 6.08 Å². The van der Waals surface area contributed by atoms with Gasteiger partial charge in [-0.1, -0.05) is 0 Å². The number of carbonyl (C=O) groups is 1. The third kappa shape index (κ3) is 4.92. The number of hydrogen-bond donors (Lipinski definition) is 0. The zero-order chi connectivity index (χ0) is 24.6. The Kier molecular flexibility index (Phi) is 6.62. The van der Waals surface area contributed by atoms with Gasteiger partial charge in [-0.2, -0.15) is 0 Å². The highest BCUT2D eigenvalue weighted by Gasteiger charge is 2.40. The minimum absolute atomic E-state index is 0.0183. The smallest absolute Gasteiger partial charge is 0.330 e. The second-order valence-electron chi connectivity index (χ2n) is 9.30. The molecule has 4 rings (SSSR count). The van der Waals surface area contributed by atoms with Gasteiger partial charge >= 0.3 is 5.97 Å². The van der Waals surface area contributed by atoms with Gasteiger partial charge in [0, 0.05) is 24.2 Å². The number of fused-ring (bicyclic) bond motifs is 2. The molecule has 2 atom stereocenters. The molecule has 0 aliphatic carbocycles. The first-order valence-electron chi connectivity index (χ1n) is 11.2. The number of halogens is 3. The van der Waals surface area contributed by atoms with Crippen LogP contribution in [-0.2, 0) is 16.0 Å². The lowest BCUT2D eigenvalue weighted by Crippen LogP contribution is -2.48. The third-order valence-corrected chi connectivity index (χ3v) is 6.06. The van der Waals surface area contributed by atoms with Gasteiger partial charge in [-0.3, -0.25) is 4.90 Å². The number of esters is 1. The highest BCUT2D eigenvalue weighted by atomic mass is 19.1. The van der Waals surface area contributed by atoms with Crippen molar-refractivity contribution < 1.29 is 32.2 Å². The zero-order valence-electron chi connectivity index (χ0n) is 19.7. The van der Waals surface area contributed by atoms with Gasteiger partial charge in [0.1, 0.15) is 30.5 Å². The summed E-state index contributed by atoms with van der Waals surface area (Å²) < 4.78 is 61.8. The van der Waals surface area contributed by atoms with E-state index in [-0.39, 0.29) is 23.7 Å². The molecule has 2 aromatic rings. The summed E-state index contributed by atoms with van der Waals surface area (Å²) in [6.45, 7) is 5.60. The lowest BCUT2D eigenvalue weighted by Gasteiger charge is -2.44. The van der Waals surface area contributed by atoms with Gasteiger partial charge in [-0.05, 0) is 74.2 Å². The molecular formula is C26H28F3NO4. The Balaban J connectivity index is 1.86.